The smallest absolute Gasteiger partial charge is 0.353 e. The molecule has 3 rings (SSSR count). The minimum absolute atomic E-state index is 0.0654. The predicted octanol–water partition coefficient (Wildman–Crippen LogP) is 3.80. The van der Waals surface area contributed by atoms with Gasteiger partial charge in [-0.05, 0) is 24.1 Å². The molecular formula is C20H21N5O4. The summed E-state index contributed by atoms with van der Waals surface area (Å²) in [5, 5.41) is 17.7. The highest BCUT2D eigenvalue weighted by atomic mass is 16.6. The van der Waals surface area contributed by atoms with Gasteiger partial charge in [0, 0.05) is 12.6 Å². The first-order valence-corrected chi connectivity index (χ1v) is 8.88. The van der Waals surface area contributed by atoms with E-state index in [1.54, 1.807) is 25.3 Å². The number of hydrogen-bond donors (Lipinski definition) is 2. The fraction of sp³-hybridized carbons (Fsp3) is 0.200. The van der Waals surface area contributed by atoms with Crippen molar-refractivity contribution in [1.29, 1.82) is 0 Å². The second-order valence-electron chi connectivity index (χ2n) is 6.03. The molecule has 0 saturated carbocycles. The van der Waals surface area contributed by atoms with Crippen molar-refractivity contribution in [2.24, 2.45) is 0 Å². The molecule has 2 N–H and O–H groups in total. The summed E-state index contributed by atoms with van der Waals surface area (Å²) in [6.45, 7) is 0.493. The number of methoxy groups -OCH3 is 2. The zero-order valence-electron chi connectivity index (χ0n) is 16.1. The van der Waals surface area contributed by atoms with Gasteiger partial charge in [-0.25, -0.2) is 9.97 Å². The van der Waals surface area contributed by atoms with Gasteiger partial charge in [0.1, 0.15) is 17.8 Å². The maximum atomic E-state index is 11.7. The van der Waals surface area contributed by atoms with Crippen LogP contribution in [0.4, 0.5) is 23.0 Å². The first kappa shape index (κ1) is 19.9. The van der Waals surface area contributed by atoms with Crippen LogP contribution in [0.25, 0.3) is 0 Å². The van der Waals surface area contributed by atoms with Crippen LogP contribution in [0, 0.1) is 10.1 Å². The molecule has 0 aliphatic rings. The minimum atomic E-state index is -0.511. The van der Waals surface area contributed by atoms with Crippen LogP contribution in [0.3, 0.4) is 0 Å². The number of aromatic nitrogens is 2. The summed E-state index contributed by atoms with van der Waals surface area (Å²) in [5.41, 5.74) is 1.40. The van der Waals surface area contributed by atoms with Crippen molar-refractivity contribution in [1.82, 2.24) is 9.97 Å². The molecule has 1 heterocycles. The van der Waals surface area contributed by atoms with Gasteiger partial charge in [0.25, 0.3) is 0 Å². The van der Waals surface area contributed by atoms with E-state index in [1.807, 2.05) is 30.3 Å². The van der Waals surface area contributed by atoms with Crippen LogP contribution < -0.4 is 20.1 Å². The summed E-state index contributed by atoms with van der Waals surface area (Å²) in [6, 6.07) is 14.9. The maximum Gasteiger partial charge on any atom is 0.353 e. The zero-order valence-corrected chi connectivity index (χ0v) is 16.1. The highest BCUT2D eigenvalue weighted by Crippen LogP contribution is 2.35. The lowest BCUT2D eigenvalue weighted by atomic mass is 10.1. The molecule has 0 aliphatic carbocycles. The molecule has 0 atom stereocenters. The summed E-state index contributed by atoms with van der Waals surface area (Å²) < 4.78 is 10.5. The first-order valence-electron chi connectivity index (χ1n) is 8.88. The van der Waals surface area contributed by atoms with Crippen LogP contribution in [0.5, 0.6) is 11.5 Å². The fourth-order valence-electron chi connectivity index (χ4n) is 2.77. The molecular weight excluding hydrogens is 374 g/mol. The lowest BCUT2D eigenvalue weighted by molar-refractivity contribution is -0.383. The third-order valence-electron chi connectivity index (χ3n) is 4.22. The zero-order chi connectivity index (χ0) is 20.6. The lowest BCUT2D eigenvalue weighted by Gasteiger charge is -2.13. The number of nitrogens with one attached hydrogen (secondary N) is 2. The average molecular weight is 395 g/mol. The molecule has 3 aromatic rings. The van der Waals surface area contributed by atoms with Crippen LogP contribution in [0.1, 0.15) is 5.56 Å². The summed E-state index contributed by atoms with van der Waals surface area (Å²) in [4.78, 5) is 19.3. The van der Waals surface area contributed by atoms with E-state index in [-0.39, 0.29) is 17.3 Å². The van der Waals surface area contributed by atoms with Gasteiger partial charge in [-0.3, -0.25) is 10.1 Å². The molecule has 0 spiro atoms. The Kier molecular flexibility index (Phi) is 6.41. The van der Waals surface area contributed by atoms with Crippen molar-refractivity contribution in [3.63, 3.8) is 0 Å². The normalized spacial score (nSPS) is 10.3. The number of anilines is 3. The highest BCUT2D eigenvalue weighted by Gasteiger charge is 2.23. The topological polar surface area (TPSA) is 111 Å². The van der Waals surface area contributed by atoms with Crippen LogP contribution in [-0.4, -0.2) is 35.7 Å². The summed E-state index contributed by atoms with van der Waals surface area (Å²) in [7, 11) is 3.05. The lowest BCUT2D eigenvalue weighted by Crippen LogP contribution is -2.11. The first-order chi connectivity index (χ1) is 14.1. The van der Waals surface area contributed by atoms with E-state index >= 15 is 0 Å². The van der Waals surface area contributed by atoms with E-state index in [4.69, 9.17) is 9.47 Å². The number of benzene rings is 2. The number of nitrogens with zero attached hydrogens (tertiary/aromatic N) is 3. The Morgan fingerprint density at radius 2 is 1.79 bits per heavy atom. The standard InChI is InChI=1S/C20H21N5O4/c1-28-15-8-9-16(17(12-15)29-2)24-20-18(25(26)27)19(22-13-23-20)21-11-10-14-6-4-3-5-7-14/h3-9,12-13H,10-11H2,1-2H3,(H2,21,22,23,24). The Morgan fingerprint density at radius 1 is 1.03 bits per heavy atom. The third kappa shape index (κ3) is 4.89. The molecule has 1 aromatic heterocycles. The van der Waals surface area contributed by atoms with Gasteiger partial charge in [-0.2, -0.15) is 0 Å². The van der Waals surface area contributed by atoms with Gasteiger partial charge in [0.15, 0.2) is 0 Å². The third-order valence-corrected chi connectivity index (χ3v) is 4.22. The number of rotatable bonds is 9. The Labute approximate surface area is 167 Å². The van der Waals surface area contributed by atoms with E-state index in [0.717, 1.165) is 5.56 Å². The van der Waals surface area contributed by atoms with Crippen LogP contribution >= 0.6 is 0 Å². The predicted molar refractivity (Wildman–Crippen MR) is 110 cm³/mol. The number of hydrogen-bond acceptors (Lipinski definition) is 8. The van der Waals surface area contributed by atoms with Crippen molar-refractivity contribution in [3.8, 4) is 11.5 Å². The van der Waals surface area contributed by atoms with Crippen molar-refractivity contribution >= 4 is 23.0 Å². The highest BCUT2D eigenvalue weighted by molar-refractivity contribution is 5.76. The van der Waals surface area contributed by atoms with E-state index in [0.29, 0.717) is 30.2 Å². The van der Waals surface area contributed by atoms with Gasteiger partial charge < -0.3 is 20.1 Å². The second kappa shape index (κ2) is 9.36. The van der Waals surface area contributed by atoms with Gasteiger partial charge in [0.05, 0.1) is 24.8 Å². The molecule has 0 bridgehead atoms. The van der Waals surface area contributed by atoms with Crippen molar-refractivity contribution in [2.45, 2.75) is 6.42 Å². The van der Waals surface area contributed by atoms with Crippen molar-refractivity contribution in [2.75, 3.05) is 31.4 Å². The molecule has 0 saturated heterocycles. The molecule has 0 unspecified atom stereocenters. The Hall–Kier alpha value is -3.88. The van der Waals surface area contributed by atoms with Gasteiger partial charge in [-0.15, -0.1) is 0 Å². The van der Waals surface area contributed by atoms with Crippen LogP contribution in [0.15, 0.2) is 54.9 Å². The minimum Gasteiger partial charge on any atom is -0.497 e. The van der Waals surface area contributed by atoms with E-state index in [9.17, 15) is 10.1 Å². The van der Waals surface area contributed by atoms with E-state index in [2.05, 4.69) is 20.6 Å². The Morgan fingerprint density at radius 3 is 2.48 bits per heavy atom. The molecule has 0 aliphatic heterocycles. The molecule has 150 valence electrons. The molecule has 29 heavy (non-hydrogen) atoms. The maximum absolute atomic E-state index is 11.7. The molecule has 2 aromatic carbocycles. The molecule has 0 amide bonds. The SMILES string of the molecule is COc1ccc(Nc2ncnc(NCCc3ccccc3)c2[N+](=O)[O-])c(OC)c1. The molecule has 0 radical (unpaired) electrons. The molecule has 9 nitrogen and oxygen atoms in total. The fourth-order valence-corrected chi connectivity index (χ4v) is 2.77. The van der Waals surface area contributed by atoms with Crippen molar-refractivity contribution in [3.05, 3.63) is 70.5 Å². The van der Waals surface area contributed by atoms with Gasteiger partial charge in [-0.1, -0.05) is 30.3 Å². The molecule has 9 heteroatoms. The Balaban J connectivity index is 1.82. The monoisotopic (exact) mass is 395 g/mol. The average Bonchev–Trinajstić information content (AvgIpc) is 2.74. The van der Waals surface area contributed by atoms with Gasteiger partial charge in [0.2, 0.25) is 11.6 Å². The second-order valence-corrected chi connectivity index (χ2v) is 6.03. The quantitative estimate of drug-likeness (QED) is 0.416. The van der Waals surface area contributed by atoms with E-state index < -0.39 is 4.92 Å². The van der Waals surface area contributed by atoms with Gasteiger partial charge >= 0.3 is 5.69 Å². The molecule has 0 fully saturated rings. The largest absolute Gasteiger partial charge is 0.497 e. The summed E-state index contributed by atoms with van der Waals surface area (Å²) in [5.74, 6) is 1.29. The van der Waals surface area contributed by atoms with Crippen molar-refractivity contribution < 1.29 is 14.4 Å². The summed E-state index contributed by atoms with van der Waals surface area (Å²) >= 11 is 0. The summed E-state index contributed by atoms with van der Waals surface area (Å²) in [6.07, 6.45) is 1.98. The number of ether oxygens (including phenoxy) is 2. The Bertz CT molecular complexity index is 982. The van der Waals surface area contributed by atoms with Crippen LogP contribution in [-0.2, 0) is 6.42 Å². The number of nitro groups is 1. The van der Waals surface area contributed by atoms with Crippen LogP contribution in [0.2, 0.25) is 0 Å². The van der Waals surface area contributed by atoms with E-state index in [1.165, 1.54) is 13.4 Å².